The quantitative estimate of drug-likeness (QED) is 0.361. The van der Waals surface area contributed by atoms with E-state index >= 15 is 0 Å². The lowest BCUT2D eigenvalue weighted by molar-refractivity contribution is 0.00578. The maximum Gasteiger partial charge on any atom is 0.494 e. The largest absolute Gasteiger partial charge is 0.494 e. The first kappa shape index (κ1) is 23.2. The van der Waals surface area contributed by atoms with Gasteiger partial charge >= 0.3 is 7.12 Å². The Balaban J connectivity index is 1.74. The fraction of sp³-hybridized carbons (Fsp3) is 0.267. The molecule has 2 nitrogen and oxygen atoms in total. The highest BCUT2D eigenvalue weighted by Gasteiger charge is 2.52. The molecule has 0 unspecified atom stereocenters. The average Bonchev–Trinajstić information content (AvgIpc) is 3.09. The summed E-state index contributed by atoms with van der Waals surface area (Å²) in [6.07, 6.45) is 9.27. The lowest BCUT2D eigenvalue weighted by Crippen LogP contribution is -2.41. The predicted octanol–water partition coefficient (Wildman–Crippen LogP) is 7.50. The summed E-state index contributed by atoms with van der Waals surface area (Å²) in [6, 6.07) is 30.9. The second-order valence-electron chi connectivity index (χ2n) is 9.99. The van der Waals surface area contributed by atoms with Crippen molar-refractivity contribution in [3.8, 4) is 0 Å². The van der Waals surface area contributed by atoms with Gasteiger partial charge in [0, 0.05) is 14.7 Å². The van der Waals surface area contributed by atoms with E-state index in [2.05, 4.69) is 131 Å². The van der Waals surface area contributed by atoms with Crippen LogP contribution < -0.4 is 5.46 Å². The summed E-state index contributed by atoms with van der Waals surface area (Å²) in [5.41, 5.74) is 0.330. The summed E-state index contributed by atoms with van der Waals surface area (Å²) in [5.74, 6) is 0. The van der Waals surface area contributed by atoms with Crippen molar-refractivity contribution in [3.63, 3.8) is 0 Å². The lowest BCUT2D eigenvalue weighted by Gasteiger charge is -2.43. The third-order valence-electron chi connectivity index (χ3n) is 7.25. The van der Waals surface area contributed by atoms with Gasteiger partial charge in [-0.15, -0.1) is 10.0 Å². The first-order valence-corrected chi connectivity index (χ1v) is 13.7. The zero-order valence-corrected chi connectivity index (χ0v) is 21.3. The number of hydrogen-bond acceptors (Lipinski definition) is 2. The SMILES string of the molecule is CC1(C)OB(c2cccc(S(C3=CCCC=C3)(c3ccccc3)c3ccccc3)c2)OC1(C)C. The molecule has 0 aromatic heterocycles. The summed E-state index contributed by atoms with van der Waals surface area (Å²) in [5, 5.41) is 0. The highest BCUT2D eigenvalue weighted by molar-refractivity contribution is 8.37. The van der Waals surface area contributed by atoms with Crippen molar-refractivity contribution in [2.45, 2.75) is 66.4 Å². The Hall–Kier alpha value is -2.53. The third-order valence-corrected chi connectivity index (χ3v) is 11.2. The Labute approximate surface area is 206 Å². The van der Waals surface area contributed by atoms with Crippen molar-refractivity contribution in [2.24, 2.45) is 0 Å². The standard InChI is InChI=1S/C30H33BO2S/c1-29(2)30(3,4)33-31(32-29)24-15-14-22-28(23-24)34(25-16-8-5-9-17-25,26-18-10-6-11-19-26)27-20-12-7-13-21-27/h5-6,8-12,14-23H,7,13H2,1-4H3. The zero-order valence-electron chi connectivity index (χ0n) is 20.5. The predicted molar refractivity (Wildman–Crippen MR) is 144 cm³/mol. The monoisotopic (exact) mass is 468 g/mol. The van der Waals surface area contributed by atoms with Gasteiger partial charge in [-0.1, -0.05) is 66.8 Å². The van der Waals surface area contributed by atoms with Crippen LogP contribution in [0.3, 0.4) is 0 Å². The minimum Gasteiger partial charge on any atom is -0.399 e. The molecule has 4 heteroatoms. The van der Waals surface area contributed by atoms with Crippen molar-refractivity contribution >= 4 is 22.6 Å². The molecule has 0 atom stereocenters. The molecular formula is C30H33BO2S. The number of rotatable bonds is 5. The van der Waals surface area contributed by atoms with Crippen molar-refractivity contribution in [1.29, 1.82) is 0 Å². The van der Waals surface area contributed by atoms with Gasteiger partial charge < -0.3 is 9.31 Å². The van der Waals surface area contributed by atoms with Gasteiger partial charge in [-0.25, -0.2) is 0 Å². The Morgan fingerprint density at radius 2 is 1.24 bits per heavy atom. The van der Waals surface area contributed by atoms with Crippen molar-refractivity contribution < 1.29 is 9.31 Å². The summed E-state index contributed by atoms with van der Waals surface area (Å²) >= 11 is 0. The first-order chi connectivity index (χ1) is 16.3. The van der Waals surface area contributed by atoms with E-state index in [1.807, 2.05) is 0 Å². The van der Waals surface area contributed by atoms with Crippen LogP contribution in [0.15, 0.2) is 123 Å². The van der Waals surface area contributed by atoms with E-state index in [9.17, 15) is 0 Å². The molecule has 34 heavy (non-hydrogen) atoms. The number of allylic oxidation sites excluding steroid dienone is 3. The molecule has 0 amide bonds. The summed E-state index contributed by atoms with van der Waals surface area (Å²) in [4.78, 5) is 5.37. The van der Waals surface area contributed by atoms with Crippen molar-refractivity contribution in [3.05, 3.63) is 108 Å². The van der Waals surface area contributed by atoms with Gasteiger partial charge in [-0.2, -0.15) is 0 Å². The van der Waals surface area contributed by atoms with Crippen LogP contribution in [0, 0.1) is 0 Å². The topological polar surface area (TPSA) is 18.5 Å². The van der Waals surface area contributed by atoms with Gasteiger partial charge in [0.15, 0.2) is 0 Å². The minimum atomic E-state index is -1.68. The Morgan fingerprint density at radius 1 is 0.676 bits per heavy atom. The molecule has 3 aromatic carbocycles. The first-order valence-electron chi connectivity index (χ1n) is 12.1. The molecule has 174 valence electrons. The van der Waals surface area contributed by atoms with Crippen LogP contribution in [0.25, 0.3) is 0 Å². The summed E-state index contributed by atoms with van der Waals surface area (Å²) in [6.45, 7) is 8.44. The molecule has 0 radical (unpaired) electrons. The molecule has 1 heterocycles. The van der Waals surface area contributed by atoms with Gasteiger partial charge in [-0.3, -0.25) is 0 Å². The second kappa shape index (κ2) is 8.92. The average molecular weight is 468 g/mol. The van der Waals surface area contributed by atoms with Gasteiger partial charge in [0.25, 0.3) is 0 Å². The Bertz CT molecular complexity index is 1160. The van der Waals surface area contributed by atoms with E-state index in [1.165, 1.54) is 19.6 Å². The molecule has 0 saturated carbocycles. The third kappa shape index (κ3) is 3.88. The van der Waals surface area contributed by atoms with E-state index < -0.39 is 10.0 Å². The molecule has 5 rings (SSSR count). The molecule has 1 fully saturated rings. The number of hydrogen-bond donors (Lipinski definition) is 0. The normalized spacial score (nSPS) is 19.6. The Morgan fingerprint density at radius 3 is 1.76 bits per heavy atom. The molecule has 0 N–H and O–H groups in total. The molecule has 2 aliphatic rings. The summed E-state index contributed by atoms with van der Waals surface area (Å²) < 4.78 is 12.9. The van der Waals surface area contributed by atoms with E-state index in [-0.39, 0.29) is 18.3 Å². The van der Waals surface area contributed by atoms with Crippen LogP contribution in [0.5, 0.6) is 0 Å². The molecule has 1 aliphatic carbocycles. The molecule has 1 saturated heterocycles. The van der Waals surface area contributed by atoms with Crippen molar-refractivity contribution in [1.82, 2.24) is 0 Å². The molecule has 0 spiro atoms. The lowest BCUT2D eigenvalue weighted by atomic mass is 9.79. The van der Waals surface area contributed by atoms with E-state index in [4.69, 9.17) is 9.31 Å². The van der Waals surface area contributed by atoms with Crippen LogP contribution in [0.1, 0.15) is 40.5 Å². The smallest absolute Gasteiger partial charge is 0.399 e. The van der Waals surface area contributed by atoms with Crippen LogP contribution in [0.4, 0.5) is 0 Å². The van der Waals surface area contributed by atoms with Crippen molar-refractivity contribution in [2.75, 3.05) is 0 Å². The van der Waals surface area contributed by atoms with Gasteiger partial charge in [0.05, 0.1) is 11.2 Å². The maximum atomic E-state index is 6.43. The molecule has 1 aliphatic heterocycles. The molecule has 3 aromatic rings. The number of benzene rings is 3. The maximum absolute atomic E-state index is 6.43. The molecule has 0 bridgehead atoms. The van der Waals surface area contributed by atoms with Gasteiger partial charge in [0.1, 0.15) is 0 Å². The zero-order chi connectivity index (χ0) is 23.8. The van der Waals surface area contributed by atoms with E-state index in [1.54, 1.807) is 0 Å². The minimum absolute atomic E-state index is 0.370. The fourth-order valence-corrected chi connectivity index (χ4v) is 8.74. The second-order valence-corrected chi connectivity index (χ2v) is 13.1. The summed E-state index contributed by atoms with van der Waals surface area (Å²) in [7, 11) is -2.07. The molecular weight excluding hydrogens is 435 g/mol. The Kier molecular flexibility index (Phi) is 6.10. The van der Waals surface area contributed by atoms with Crippen LogP contribution in [0.2, 0.25) is 0 Å². The van der Waals surface area contributed by atoms with Gasteiger partial charge in [0.2, 0.25) is 0 Å². The van der Waals surface area contributed by atoms with E-state index in [0.717, 1.165) is 18.3 Å². The highest BCUT2D eigenvalue weighted by atomic mass is 32.3. The highest BCUT2D eigenvalue weighted by Crippen LogP contribution is 2.73. The van der Waals surface area contributed by atoms with Crippen LogP contribution in [-0.2, 0) is 9.31 Å². The van der Waals surface area contributed by atoms with Crippen LogP contribution >= 0.6 is 10.0 Å². The van der Waals surface area contributed by atoms with E-state index in [0.29, 0.717) is 0 Å². The fourth-order valence-electron chi connectivity index (χ4n) is 4.71. The van der Waals surface area contributed by atoms with Gasteiger partial charge in [-0.05, 0) is 87.3 Å². The van der Waals surface area contributed by atoms with Crippen LogP contribution in [-0.4, -0.2) is 18.3 Å².